The van der Waals surface area contributed by atoms with E-state index in [1.54, 1.807) is 18.9 Å². The first-order valence-corrected chi connectivity index (χ1v) is 4.56. The molecule has 0 heterocycles. The molecule has 0 fully saturated rings. The van der Waals surface area contributed by atoms with Crippen molar-refractivity contribution in [2.45, 2.75) is 19.3 Å². The molecule has 0 aliphatic heterocycles. The van der Waals surface area contributed by atoms with Crippen molar-refractivity contribution in [2.24, 2.45) is 5.73 Å². The molecule has 2 atom stereocenters. The number of hydrogen-bond donors (Lipinski definition) is 4. The van der Waals surface area contributed by atoms with Gasteiger partial charge in [0.15, 0.2) is 0 Å². The minimum atomic E-state index is -0.580. The highest BCUT2D eigenvalue weighted by molar-refractivity contribution is 4.66. The SMILES string of the molecule is CNCC(O)N(CCN)CC(C)O. The van der Waals surface area contributed by atoms with Gasteiger partial charge in [-0.15, -0.1) is 0 Å². The van der Waals surface area contributed by atoms with Crippen LogP contribution in [0.2, 0.25) is 0 Å². The molecule has 0 aliphatic rings. The molecule has 5 nitrogen and oxygen atoms in total. The molecule has 0 aromatic heterocycles. The zero-order valence-corrected chi connectivity index (χ0v) is 8.40. The Bertz CT molecular complexity index is 122. The minimum absolute atomic E-state index is 0.444. The Morgan fingerprint density at radius 2 is 2.08 bits per heavy atom. The number of nitrogens with two attached hydrogens (primary N) is 1. The van der Waals surface area contributed by atoms with E-state index in [9.17, 15) is 5.11 Å². The summed E-state index contributed by atoms with van der Waals surface area (Å²) >= 11 is 0. The van der Waals surface area contributed by atoms with Crippen LogP contribution in [-0.4, -0.2) is 60.7 Å². The summed E-state index contributed by atoms with van der Waals surface area (Å²) in [5.74, 6) is 0. The Kier molecular flexibility index (Phi) is 7.12. The molecule has 0 radical (unpaired) electrons. The lowest BCUT2D eigenvalue weighted by Gasteiger charge is -2.28. The summed E-state index contributed by atoms with van der Waals surface area (Å²) in [5.41, 5.74) is 5.38. The van der Waals surface area contributed by atoms with Gasteiger partial charge >= 0.3 is 0 Å². The van der Waals surface area contributed by atoms with E-state index in [4.69, 9.17) is 10.8 Å². The minimum Gasteiger partial charge on any atom is -0.392 e. The molecule has 0 saturated heterocycles. The molecule has 13 heavy (non-hydrogen) atoms. The molecule has 2 unspecified atom stereocenters. The second-order valence-electron chi connectivity index (χ2n) is 3.17. The van der Waals surface area contributed by atoms with Crippen molar-refractivity contribution >= 4 is 0 Å². The Morgan fingerprint density at radius 1 is 1.46 bits per heavy atom. The predicted molar refractivity (Wildman–Crippen MR) is 52.2 cm³/mol. The standard InChI is InChI=1S/C8H21N3O2/c1-7(12)6-11(4-3-9)8(13)5-10-2/h7-8,10,12-13H,3-6,9H2,1-2H3. The Morgan fingerprint density at radius 3 is 2.46 bits per heavy atom. The highest BCUT2D eigenvalue weighted by Crippen LogP contribution is 1.96. The molecule has 5 N–H and O–H groups in total. The molecular formula is C8H21N3O2. The van der Waals surface area contributed by atoms with Crippen LogP contribution in [0.15, 0.2) is 0 Å². The molecule has 0 amide bonds. The van der Waals surface area contributed by atoms with Crippen LogP contribution in [0, 0.1) is 0 Å². The van der Waals surface area contributed by atoms with Crippen LogP contribution in [0.25, 0.3) is 0 Å². The number of hydrogen-bond acceptors (Lipinski definition) is 5. The first-order chi connectivity index (χ1) is 6.11. The number of nitrogens with one attached hydrogen (secondary N) is 1. The lowest BCUT2D eigenvalue weighted by Crippen LogP contribution is -2.46. The fourth-order valence-electron chi connectivity index (χ4n) is 1.18. The van der Waals surface area contributed by atoms with Gasteiger partial charge in [0.1, 0.15) is 6.23 Å². The summed E-state index contributed by atoms with van der Waals surface area (Å²) in [6, 6.07) is 0. The largest absolute Gasteiger partial charge is 0.392 e. The van der Waals surface area contributed by atoms with E-state index in [1.807, 2.05) is 0 Å². The van der Waals surface area contributed by atoms with Gasteiger partial charge in [-0.25, -0.2) is 0 Å². The van der Waals surface area contributed by atoms with Crippen molar-refractivity contribution < 1.29 is 10.2 Å². The average Bonchev–Trinajstić information content (AvgIpc) is 2.03. The zero-order chi connectivity index (χ0) is 10.3. The zero-order valence-electron chi connectivity index (χ0n) is 8.40. The summed E-state index contributed by atoms with van der Waals surface area (Å²) in [6.07, 6.45) is -1.03. The Balaban J connectivity index is 3.90. The third-order valence-corrected chi connectivity index (χ3v) is 1.72. The van der Waals surface area contributed by atoms with Gasteiger partial charge in [0.25, 0.3) is 0 Å². The number of aliphatic hydroxyl groups is 2. The van der Waals surface area contributed by atoms with Crippen molar-refractivity contribution in [1.82, 2.24) is 10.2 Å². The number of likely N-dealkylation sites (N-methyl/N-ethyl adjacent to an activating group) is 1. The van der Waals surface area contributed by atoms with Gasteiger partial charge in [-0.05, 0) is 14.0 Å². The fraction of sp³-hybridized carbons (Fsp3) is 1.00. The molecule has 0 spiro atoms. The van der Waals surface area contributed by atoms with Crippen LogP contribution < -0.4 is 11.1 Å². The van der Waals surface area contributed by atoms with Gasteiger partial charge < -0.3 is 21.3 Å². The van der Waals surface area contributed by atoms with Gasteiger partial charge in [0.05, 0.1) is 6.10 Å². The molecular weight excluding hydrogens is 170 g/mol. The van der Waals surface area contributed by atoms with E-state index >= 15 is 0 Å². The van der Waals surface area contributed by atoms with E-state index in [2.05, 4.69) is 5.32 Å². The maximum Gasteiger partial charge on any atom is 0.120 e. The lowest BCUT2D eigenvalue weighted by atomic mass is 10.3. The van der Waals surface area contributed by atoms with Gasteiger partial charge in [-0.1, -0.05) is 0 Å². The highest BCUT2D eigenvalue weighted by atomic mass is 16.3. The maximum atomic E-state index is 9.59. The van der Waals surface area contributed by atoms with E-state index in [-0.39, 0.29) is 0 Å². The Labute approximate surface area is 79.5 Å². The van der Waals surface area contributed by atoms with Crippen LogP contribution in [0.4, 0.5) is 0 Å². The molecule has 0 aromatic carbocycles. The number of rotatable bonds is 7. The summed E-state index contributed by atoms with van der Waals surface area (Å²) in [7, 11) is 1.77. The number of nitrogens with zero attached hydrogens (tertiary/aromatic N) is 1. The summed E-state index contributed by atoms with van der Waals surface area (Å²) in [6.45, 7) is 3.68. The first-order valence-electron chi connectivity index (χ1n) is 4.56. The van der Waals surface area contributed by atoms with Crippen LogP contribution >= 0.6 is 0 Å². The second-order valence-corrected chi connectivity index (χ2v) is 3.17. The molecule has 0 aliphatic carbocycles. The van der Waals surface area contributed by atoms with Gasteiger partial charge in [0.2, 0.25) is 0 Å². The van der Waals surface area contributed by atoms with E-state index in [0.29, 0.717) is 26.2 Å². The van der Waals surface area contributed by atoms with Crippen molar-refractivity contribution in [3.05, 3.63) is 0 Å². The van der Waals surface area contributed by atoms with Crippen LogP contribution in [0.1, 0.15) is 6.92 Å². The topological polar surface area (TPSA) is 81.8 Å². The van der Waals surface area contributed by atoms with Crippen LogP contribution in [0.3, 0.4) is 0 Å². The van der Waals surface area contributed by atoms with Gasteiger partial charge in [0, 0.05) is 26.2 Å². The Hall–Kier alpha value is -0.200. The van der Waals surface area contributed by atoms with Crippen LogP contribution in [0.5, 0.6) is 0 Å². The summed E-state index contributed by atoms with van der Waals surface area (Å²) in [4.78, 5) is 1.75. The lowest BCUT2D eigenvalue weighted by molar-refractivity contribution is -0.0153. The third-order valence-electron chi connectivity index (χ3n) is 1.72. The normalized spacial score (nSPS) is 16.2. The smallest absolute Gasteiger partial charge is 0.120 e. The second kappa shape index (κ2) is 7.23. The van der Waals surface area contributed by atoms with Crippen molar-refractivity contribution in [1.29, 1.82) is 0 Å². The quantitative estimate of drug-likeness (QED) is 0.356. The van der Waals surface area contributed by atoms with Crippen molar-refractivity contribution in [2.75, 3.05) is 33.2 Å². The molecule has 0 aromatic rings. The molecule has 5 heteroatoms. The maximum absolute atomic E-state index is 9.59. The van der Waals surface area contributed by atoms with E-state index in [0.717, 1.165) is 0 Å². The summed E-state index contributed by atoms with van der Waals surface area (Å²) in [5, 5.41) is 21.6. The molecule has 80 valence electrons. The summed E-state index contributed by atoms with van der Waals surface area (Å²) < 4.78 is 0. The van der Waals surface area contributed by atoms with E-state index in [1.165, 1.54) is 0 Å². The average molecular weight is 191 g/mol. The van der Waals surface area contributed by atoms with Gasteiger partial charge in [-0.3, -0.25) is 4.90 Å². The van der Waals surface area contributed by atoms with Gasteiger partial charge in [-0.2, -0.15) is 0 Å². The molecule has 0 saturated carbocycles. The van der Waals surface area contributed by atoms with Crippen molar-refractivity contribution in [3.63, 3.8) is 0 Å². The van der Waals surface area contributed by atoms with Crippen molar-refractivity contribution in [3.8, 4) is 0 Å². The third kappa shape index (κ3) is 5.95. The number of aliphatic hydroxyl groups excluding tert-OH is 2. The highest BCUT2D eigenvalue weighted by Gasteiger charge is 2.15. The van der Waals surface area contributed by atoms with E-state index < -0.39 is 12.3 Å². The molecule has 0 rings (SSSR count). The monoisotopic (exact) mass is 191 g/mol. The predicted octanol–water partition coefficient (Wildman–Crippen LogP) is -1.83. The first kappa shape index (κ1) is 12.8. The molecule has 0 bridgehead atoms. The van der Waals surface area contributed by atoms with Crippen LogP contribution in [-0.2, 0) is 0 Å². The fourth-order valence-corrected chi connectivity index (χ4v) is 1.18.